The molecule has 1 saturated heterocycles. The van der Waals surface area contributed by atoms with E-state index in [0.29, 0.717) is 37.2 Å². The smallest absolute Gasteiger partial charge is 0.257 e. The largest absolute Gasteiger partial charge is 0.369 e. The lowest BCUT2D eigenvalue weighted by molar-refractivity contribution is -0.123. The molecule has 0 unspecified atom stereocenters. The van der Waals surface area contributed by atoms with Gasteiger partial charge in [-0.2, -0.15) is 5.10 Å². The number of amides is 2. The fraction of sp³-hybridized carbons (Fsp3) is 0.292. The molecule has 6 nitrogen and oxygen atoms in total. The highest BCUT2D eigenvalue weighted by atomic mass is 16.2. The first-order valence-corrected chi connectivity index (χ1v) is 10.3. The van der Waals surface area contributed by atoms with Crippen LogP contribution >= 0.6 is 0 Å². The summed E-state index contributed by atoms with van der Waals surface area (Å²) in [6.45, 7) is 5.17. The Balaban J connectivity index is 1.72. The topological polar surface area (TPSA) is 81.2 Å². The van der Waals surface area contributed by atoms with Crippen LogP contribution in [0.5, 0.6) is 0 Å². The van der Waals surface area contributed by atoms with Crippen LogP contribution in [0.4, 0.5) is 0 Å². The second-order valence-electron chi connectivity index (χ2n) is 7.94. The zero-order valence-electron chi connectivity index (χ0n) is 17.3. The van der Waals surface area contributed by atoms with Crippen LogP contribution in [0.15, 0.2) is 54.7 Å². The van der Waals surface area contributed by atoms with Crippen LogP contribution in [0.25, 0.3) is 16.9 Å². The Labute approximate surface area is 176 Å². The summed E-state index contributed by atoms with van der Waals surface area (Å²) in [6, 6.07) is 15.9. The van der Waals surface area contributed by atoms with E-state index in [1.807, 2.05) is 42.6 Å². The average Bonchev–Trinajstić information content (AvgIpc) is 3.21. The number of aromatic nitrogens is 2. The van der Waals surface area contributed by atoms with Crippen molar-refractivity contribution in [3.63, 3.8) is 0 Å². The predicted octanol–water partition coefficient (Wildman–Crippen LogP) is 3.49. The molecule has 0 radical (unpaired) electrons. The standard InChI is InChI=1S/C24H26N4O2/c1-16-8-9-19(14-17(16)2)22-21(15-28(26-22)20-6-4-3-5-7-20)24(30)27-12-10-18(11-13-27)23(25)29/h3-9,14-15,18H,10-13H2,1-2H3,(H2,25,29). The van der Waals surface area contributed by atoms with E-state index in [2.05, 4.69) is 26.0 Å². The summed E-state index contributed by atoms with van der Waals surface area (Å²) < 4.78 is 1.76. The first-order chi connectivity index (χ1) is 14.4. The summed E-state index contributed by atoms with van der Waals surface area (Å²) in [5.41, 5.74) is 10.8. The third-order valence-electron chi connectivity index (χ3n) is 5.93. The van der Waals surface area contributed by atoms with E-state index in [4.69, 9.17) is 10.8 Å². The van der Waals surface area contributed by atoms with Crippen molar-refractivity contribution in [1.29, 1.82) is 0 Å². The van der Waals surface area contributed by atoms with E-state index in [1.165, 1.54) is 5.56 Å². The van der Waals surface area contributed by atoms with Gasteiger partial charge in [0.2, 0.25) is 5.91 Å². The fourth-order valence-electron chi connectivity index (χ4n) is 3.88. The van der Waals surface area contributed by atoms with Gasteiger partial charge in [-0.15, -0.1) is 0 Å². The number of nitrogens with two attached hydrogens (primary N) is 1. The molecule has 0 aliphatic carbocycles. The van der Waals surface area contributed by atoms with Gasteiger partial charge in [-0.1, -0.05) is 30.3 Å². The Bertz CT molecular complexity index is 1080. The molecule has 3 aromatic rings. The summed E-state index contributed by atoms with van der Waals surface area (Å²) >= 11 is 0. The van der Waals surface area contributed by atoms with Gasteiger partial charge in [-0.05, 0) is 56.0 Å². The molecule has 4 rings (SSSR count). The number of para-hydroxylation sites is 1. The molecular formula is C24H26N4O2. The first kappa shape index (κ1) is 19.9. The second-order valence-corrected chi connectivity index (χ2v) is 7.94. The summed E-state index contributed by atoms with van der Waals surface area (Å²) in [5.74, 6) is -0.497. The molecule has 0 bridgehead atoms. The average molecular weight is 402 g/mol. The Morgan fingerprint density at radius 3 is 2.33 bits per heavy atom. The number of aryl methyl sites for hydroxylation is 2. The summed E-state index contributed by atoms with van der Waals surface area (Å²) in [7, 11) is 0. The number of hydrogen-bond donors (Lipinski definition) is 1. The number of primary amides is 1. The molecule has 0 spiro atoms. The van der Waals surface area contributed by atoms with E-state index >= 15 is 0 Å². The Kier molecular flexibility index (Phi) is 5.40. The van der Waals surface area contributed by atoms with Crippen molar-refractivity contribution in [1.82, 2.24) is 14.7 Å². The van der Waals surface area contributed by atoms with E-state index in [9.17, 15) is 9.59 Å². The molecule has 1 aliphatic heterocycles. The Morgan fingerprint density at radius 1 is 1.00 bits per heavy atom. The molecule has 0 saturated carbocycles. The maximum Gasteiger partial charge on any atom is 0.257 e. The van der Waals surface area contributed by atoms with Crippen molar-refractivity contribution in [2.75, 3.05) is 13.1 Å². The van der Waals surface area contributed by atoms with Crippen molar-refractivity contribution in [2.24, 2.45) is 11.7 Å². The highest BCUT2D eigenvalue weighted by molar-refractivity contribution is 6.00. The first-order valence-electron chi connectivity index (χ1n) is 10.3. The minimum atomic E-state index is -0.283. The van der Waals surface area contributed by atoms with Crippen molar-refractivity contribution < 1.29 is 9.59 Å². The molecule has 2 N–H and O–H groups in total. The molecule has 2 heterocycles. The van der Waals surface area contributed by atoms with E-state index < -0.39 is 0 Å². The lowest BCUT2D eigenvalue weighted by Crippen LogP contribution is -2.41. The molecule has 6 heteroatoms. The van der Waals surface area contributed by atoms with Crippen LogP contribution in [-0.2, 0) is 4.79 Å². The number of hydrogen-bond acceptors (Lipinski definition) is 3. The van der Waals surface area contributed by atoms with Crippen LogP contribution in [0.2, 0.25) is 0 Å². The van der Waals surface area contributed by atoms with Crippen LogP contribution in [0.3, 0.4) is 0 Å². The highest BCUT2D eigenvalue weighted by Gasteiger charge is 2.29. The van der Waals surface area contributed by atoms with Crippen molar-refractivity contribution in [3.05, 3.63) is 71.4 Å². The molecule has 2 amide bonds. The second kappa shape index (κ2) is 8.14. The van der Waals surface area contributed by atoms with E-state index in [-0.39, 0.29) is 17.7 Å². The summed E-state index contributed by atoms with van der Waals surface area (Å²) in [4.78, 5) is 26.7. The van der Waals surface area contributed by atoms with Crippen molar-refractivity contribution >= 4 is 11.8 Å². The van der Waals surface area contributed by atoms with Gasteiger partial charge in [0.25, 0.3) is 5.91 Å². The molecule has 1 aromatic heterocycles. The third kappa shape index (κ3) is 3.85. The number of likely N-dealkylation sites (tertiary alicyclic amines) is 1. The maximum absolute atomic E-state index is 13.4. The van der Waals surface area contributed by atoms with Crippen LogP contribution in [-0.4, -0.2) is 39.6 Å². The van der Waals surface area contributed by atoms with Gasteiger partial charge >= 0.3 is 0 Å². The Hall–Kier alpha value is -3.41. The zero-order chi connectivity index (χ0) is 21.3. The maximum atomic E-state index is 13.4. The van der Waals surface area contributed by atoms with Gasteiger partial charge in [0.05, 0.1) is 11.3 Å². The zero-order valence-corrected chi connectivity index (χ0v) is 17.3. The molecular weight excluding hydrogens is 376 g/mol. The summed E-state index contributed by atoms with van der Waals surface area (Å²) in [5, 5.41) is 4.78. The van der Waals surface area contributed by atoms with Gasteiger partial charge in [-0.3, -0.25) is 9.59 Å². The minimum absolute atomic E-state index is 0.0617. The minimum Gasteiger partial charge on any atom is -0.369 e. The van der Waals surface area contributed by atoms with Crippen LogP contribution < -0.4 is 5.73 Å². The van der Waals surface area contributed by atoms with Crippen LogP contribution in [0, 0.1) is 19.8 Å². The molecule has 30 heavy (non-hydrogen) atoms. The molecule has 1 fully saturated rings. The normalized spacial score (nSPS) is 14.7. The van der Waals surface area contributed by atoms with Crippen molar-refractivity contribution in [3.8, 4) is 16.9 Å². The fourth-order valence-corrected chi connectivity index (χ4v) is 3.88. The number of rotatable bonds is 4. The molecule has 2 aromatic carbocycles. The highest BCUT2D eigenvalue weighted by Crippen LogP contribution is 2.28. The summed E-state index contributed by atoms with van der Waals surface area (Å²) in [6.07, 6.45) is 3.02. The molecule has 0 atom stereocenters. The number of benzene rings is 2. The lowest BCUT2D eigenvalue weighted by Gasteiger charge is -2.30. The van der Waals surface area contributed by atoms with Gasteiger partial charge in [0.1, 0.15) is 5.69 Å². The monoisotopic (exact) mass is 402 g/mol. The Morgan fingerprint density at radius 2 is 1.70 bits per heavy atom. The number of piperidine rings is 1. The predicted molar refractivity (Wildman–Crippen MR) is 116 cm³/mol. The van der Waals surface area contributed by atoms with Gasteiger partial charge < -0.3 is 10.6 Å². The molecule has 154 valence electrons. The SMILES string of the molecule is Cc1ccc(-c2nn(-c3ccccc3)cc2C(=O)N2CCC(C(N)=O)CC2)cc1C. The third-order valence-corrected chi connectivity index (χ3v) is 5.93. The lowest BCUT2D eigenvalue weighted by atomic mass is 9.95. The van der Waals surface area contributed by atoms with Gasteiger partial charge in [-0.25, -0.2) is 4.68 Å². The number of nitrogens with zero attached hydrogens (tertiary/aromatic N) is 3. The van der Waals surface area contributed by atoms with Gasteiger partial charge in [0, 0.05) is 30.8 Å². The number of carbonyl (C=O) groups excluding carboxylic acids is 2. The van der Waals surface area contributed by atoms with Crippen molar-refractivity contribution in [2.45, 2.75) is 26.7 Å². The van der Waals surface area contributed by atoms with E-state index in [1.54, 1.807) is 9.58 Å². The van der Waals surface area contributed by atoms with Crippen LogP contribution in [0.1, 0.15) is 34.3 Å². The molecule has 1 aliphatic rings. The van der Waals surface area contributed by atoms with Gasteiger partial charge in [0.15, 0.2) is 0 Å². The quantitative estimate of drug-likeness (QED) is 0.725. The van der Waals surface area contributed by atoms with E-state index in [0.717, 1.165) is 16.8 Å². The number of carbonyl (C=O) groups is 2.